The van der Waals surface area contributed by atoms with Gasteiger partial charge in [-0.3, -0.25) is 4.79 Å². The van der Waals surface area contributed by atoms with Gasteiger partial charge in [-0.1, -0.05) is 26.6 Å². The standard InChI is InChI=1S/C15H30O4Si/c1-5-15(14(16)17)8-6-13(7-9-15)19-12-18-10-11-20(2,3)4/h13H,5-12H2,1-4H3,(H,16,17). The molecule has 0 aromatic carbocycles. The molecule has 1 N–H and O–H groups in total. The molecule has 0 unspecified atom stereocenters. The summed E-state index contributed by atoms with van der Waals surface area (Å²) in [4.78, 5) is 11.3. The molecule has 0 heterocycles. The first-order valence-corrected chi connectivity index (χ1v) is 11.4. The molecule has 0 radical (unpaired) electrons. The Hall–Kier alpha value is -0.393. The Morgan fingerprint density at radius 3 is 2.35 bits per heavy atom. The molecule has 0 aliphatic heterocycles. The lowest BCUT2D eigenvalue weighted by Gasteiger charge is -2.35. The second-order valence-corrected chi connectivity index (χ2v) is 12.8. The number of aliphatic carboxylic acids is 1. The Morgan fingerprint density at radius 2 is 1.90 bits per heavy atom. The molecule has 0 bridgehead atoms. The molecule has 4 nitrogen and oxygen atoms in total. The van der Waals surface area contributed by atoms with Crippen LogP contribution in [0.5, 0.6) is 0 Å². The first kappa shape index (κ1) is 17.7. The average Bonchev–Trinajstić information content (AvgIpc) is 2.37. The second kappa shape index (κ2) is 7.57. The van der Waals surface area contributed by atoms with Crippen molar-refractivity contribution in [2.75, 3.05) is 13.4 Å². The third-order valence-electron chi connectivity index (χ3n) is 4.40. The van der Waals surface area contributed by atoms with Crippen LogP contribution in [-0.2, 0) is 14.3 Å². The first-order valence-electron chi connectivity index (χ1n) is 7.72. The summed E-state index contributed by atoms with van der Waals surface area (Å²) in [6.07, 6.45) is 3.98. The lowest BCUT2D eigenvalue weighted by molar-refractivity contribution is -0.155. The molecule has 1 saturated carbocycles. The molecule has 0 aromatic heterocycles. The molecule has 1 fully saturated rings. The number of carboxylic acid groups (broad SMARTS) is 1. The van der Waals surface area contributed by atoms with Crippen LogP contribution in [0, 0.1) is 5.41 Å². The van der Waals surface area contributed by atoms with Crippen molar-refractivity contribution in [2.45, 2.75) is 70.8 Å². The van der Waals surface area contributed by atoms with E-state index >= 15 is 0 Å². The summed E-state index contributed by atoms with van der Waals surface area (Å²) in [6.45, 7) is 10.1. The fourth-order valence-corrected chi connectivity index (χ4v) is 3.37. The Labute approximate surface area is 123 Å². The highest BCUT2D eigenvalue weighted by atomic mass is 28.3. The Morgan fingerprint density at radius 1 is 1.30 bits per heavy atom. The Kier molecular flexibility index (Phi) is 6.68. The summed E-state index contributed by atoms with van der Waals surface area (Å²) in [5.74, 6) is -0.648. The van der Waals surface area contributed by atoms with Crippen LogP contribution in [0.25, 0.3) is 0 Å². The monoisotopic (exact) mass is 302 g/mol. The highest BCUT2D eigenvalue weighted by molar-refractivity contribution is 6.76. The van der Waals surface area contributed by atoms with Gasteiger partial charge in [-0.15, -0.1) is 0 Å². The van der Waals surface area contributed by atoms with Crippen LogP contribution in [0.2, 0.25) is 25.7 Å². The quantitative estimate of drug-likeness (QED) is 0.421. The third-order valence-corrected chi connectivity index (χ3v) is 6.11. The van der Waals surface area contributed by atoms with E-state index in [4.69, 9.17) is 9.47 Å². The van der Waals surface area contributed by atoms with Gasteiger partial charge in [-0.2, -0.15) is 0 Å². The maximum absolute atomic E-state index is 11.3. The molecule has 20 heavy (non-hydrogen) atoms. The summed E-state index contributed by atoms with van der Waals surface area (Å²) in [6, 6.07) is 1.15. The molecular weight excluding hydrogens is 272 g/mol. The zero-order valence-electron chi connectivity index (χ0n) is 13.4. The van der Waals surface area contributed by atoms with Gasteiger partial charge in [-0.05, 0) is 38.1 Å². The number of carboxylic acids is 1. The van der Waals surface area contributed by atoms with Crippen LogP contribution >= 0.6 is 0 Å². The minimum absolute atomic E-state index is 0.168. The zero-order valence-corrected chi connectivity index (χ0v) is 14.4. The minimum Gasteiger partial charge on any atom is -0.481 e. The number of rotatable bonds is 8. The van der Waals surface area contributed by atoms with E-state index in [9.17, 15) is 9.90 Å². The molecular formula is C15H30O4Si. The Balaban J connectivity index is 2.18. The predicted octanol–water partition coefficient (Wildman–Crippen LogP) is 3.74. The molecule has 0 aromatic rings. The lowest BCUT2D eigenvalue weighted by atomic mass is 9.71. The number of carbonyl (C=O) groups is 1. The van der Waals surface area contributed by atoms with Crippen LogP contribution in [0.3, 0.4) is 0 Å². The van der Waals surface area contributed by atoms with Crippen molar-refractivity contribution in [3.63, 3.8) is 0 Å². The maximum atomic E-state index is 11.3. The first-order chi connectivity index (χ1) is 9.29. The summed E-state index contributed by atoms with van der Waals surface area (Å²) in [7, 11) is -1.03. The van der Waals surface area contributed by atoms with E-state index in [1.54, 1.807) is 0 Å². The van der Waals surface area contributed by atoms with Crippen molar-refractivity contribution in [3.8, 4) is 0 Å². The lowest BCUT2D eigenvalue weighted by Crippen LogP contribution is -2.37. The van der Waals surface area contributed by atoms with Crippen LogP contribution in [-0.4, -0.2) is 38.7 Å². The van der Waals surface area contributed by atoms with Gasteiger partial charge in [0.15, 0.2) is 0 Å². The van der Waals surface area contributed by atoms with Gasteiger partial charge < -0.3 is 14.6 Å². The van der Waals surface area contributed by atoms with Gasteiger partial charge >= 0.3 is 5.97 Å². The van der Waals surface area contributed by atoms with E-state index in [1.165, 1.54) is 0 Å². The van der Waals surface area contributed by atoms with Crippen molar-refractivity contribution in [1.29, 1.82) is 0 Å². The van der Waals surface area contributed by atoms with Crippen molar-refractivity contribution >= 4 is 14.0 Å². The van der Waals surface area contributed by atoms with Gasteiger partial charge in [0.2, 0.25) is 0 Å². The maximum Gasteiger partial charge on any atom is 0.309 e. The van der Waals surface area contributed by atoms with E-state index in [1.807, 2.05) is 6.92 Å². The highest BCUT2D eigenvalue weighted by Crippen LogP contribution is 2.40. The zero-order chi connectivity index (χ0) is 15.2. The Bertz CT molecular complexity index is 303. The van der Waals surface area contributed by atoms with Gasteiger partial charge in [0, 0.05) is 14.7 Å². The summed E-state index contributed by atoms with van der Waals surface area (Å²) in [5, 5.41) is 9.34. The summed E-state index contributed by atoms with van der Waals surface area (Å²) >= 11 is 0. The average molecular weight is 302 g/mol. The minimum atomic E-state index is -1.03. The van der Waals surface area contributed by atoms with Crippen LogP contribution in [0.1, 0.15) is 39.0 Å². The fraction of sp³-hybridized carbons (Fsp3) is 0.933. The summed E-state index contributed by atoms with van der Waals surface area (Å²) in [5.41, 5.74) is -0.515. The molecule has 0 atom stereocenters. The molecule has 1 aliphatic rings. The summed E-state index contributed by atoms with van der Waals surface area (Å²) < 4.78 is 11.2. The van der Waals surface area contributed by atoms with E-state index in [2.05, 4.69) is 19.6 Å². The van der Waals surface area contributed by atoms with E-state index in [0.717, 1.165) is 38.3 Å². The van der Waals surface area contributed by atoms with E-state index in [-0.39, 0.29) is 6.10 Å². The molecule has 1 rings (SSSR count). The molecule has 118 valence electrons. The normalized spacial score (nSPS) is 27.5. The van der Waals surface area contributed by atoms with E-state index < -0.39 is 19.5 Å². The molecule has 0 amide bonds. The van der Waals surface area contributed by atoms with E-state index in [0.29, 0.717) is 13.2 Å². The predicted molar refractivity (Wildman–Crippen MR) is 82.7 cm³/mol. The molecule has 5 heteroatoms. The van der Waals surface area contributed by atoms with Crippen molar-refractivity contribution in [2.24, 2.45) is 5.41 Å². The van der Waals surface area contributed by atoms with Crippen molar-refractivity contribution < 1.29 is 19.4 Å². The number of hydrogen-bond donors (Lipinski definition) is 1. The smallest absolute Gasteiger partial charge is 0.309 e. The fourth-order valence-electron chi connectivity index (χ4n) is 2.61. The van der Waals surface area contributed by atoms with Gasteiger partial charge in [0.1, 0.15) is 6.79 Å². The number of hydrogen-bond acceptors (Lipinski definition) is 3. The van der Waals surface area contributed by atoms with Gasteiger partial charge in [0.25, 0.3) is 0 Å². The molecule has 0 spiro atoms. The van der Waals surface area contributed by atoms with Crippen molar-refractivity contribution in [1.82, 2.24) is 0 Å². The van der Waals surface area contributed by atoms with Gasteiger partial charge in [-0.25, -0.2) is 0 Å². The topological polar surface area (TPSA) is 55.8 Å². The SMILES string of the molecule is CCC1(C(=O)O)CCC(OCOCC[Si](C)(C)C)CC1. The highest BCUT2D eigenvalue weighted by Gasteiger charge is 2.40. The van der Waals surface area contributed by atoms with Crippen molar-refractivity contribution in [3.05, 3.63) is 0 Å². The largest absolute Gasteiger partial charge is 0.481 e. The molecule has 1 aliphatic carbocycles. The van der Waals surface area contributed by atoms with Gasteiger partial charge in [0.05, 0.1) is 11.5 Å². The molecule has 0 saturated heterocycles. The second-order valence-electron chi connectivity index (χ2n) is 7.14. The third kappa shape index (κ3) is 5.54. The van der Waals surface area contributed by atoms with Crippen LogP contribution in [0.15, 0.2) is 0 Å². The van der Waals surface area contributed by atoms with Crippen LogP contribution < -0.4 is 0 Å². The van der Waals surface area contributed by atoms with Crippen LogP contribution in [0.4, 0.5) is 0 Å². The number of ether oxygens (including phenoxy) is 2.